The minimum Gasteiger partial charge on any atom is -0.461 e. The zero-order chi connectivity index (χ0) is 18.8. The number of imide groups is 1. The van der Waals surface area contributed by atoms with Crippen LogP contribution in [0.25, 0.3) is 0 Å². The van der Waals surface area contributed by atoms with Crippen LogP contribution < -0.4 is 0 Å². The van der Waals surface area contributed by atoms with E-state index in [-0.39, 0.29) is 46.1 Å². The van der Waals surface area contributed by atoms with E-state index in [1.54, 1.807) is 0 Å². The van der Waals surface area contributed by atoms with Crippen LogP contribution in [0.15, 0.2) is 25.3 Å². The molecule has 0 unspecified atom stereocenters. The van der Waals surface area contributed by atoms with Crippen LogP contribution in [0.1, 0.15) is 0 Å². The summed E-state index contributed by atoms with van der Waals surface area (Å²) in [5.74, 6) is -1.29. The van der Waals surface area contributed by atoms with E-state index in [9.17, 15) is 19.2 Å². The molecular formula is C15H21N3O7. The van der Waals surface area contributed by atoms with Crippen LogP contribution in [0.3, 0.4) is 0 Å². The highest BCUT2D eigenvalue weighted by Crippen LogP contribution is 2.12. The lowest BCUT2D eigenvalue weighted by Crippen LogP contribution is -2.62. The van der Waals surface area contributed by atoms with E-state index in [0.29, 0.717) is 0 Å². The third-order valence-electron chi connectivity index (χ3n) is 3.21. The summed E-state index contributed by atoms with van der Waals surface area (Å²) in [5, 5.41) is 9.06. The lowest BCUT2D eigenvalue weighted by Gasteiger charge is -2.40. The molecule has 0 aromatic rings. The molecule has 1 aliphatic rings. The van der Waals surface area contributed by atoms with Crippen LogP contribution in [0, 0.1) is 0 Å². The number of carbonyl (C=O) groups excluding carboxylic acids is 4. The Hall–Kier alpha value is -2.88. The molecule has 0 atom stereocenters. The maximum absolute atomic E-state index is 12.4. The van der Waals surface area contributed by atoms with Crippen molar-refractivity contribution >= 4 is 24.0 Å². The first-order chi connectivity index (χ1) is 11.9. The standard InChI is InChI=1S/C15H21N3O7/c1-3-12(20)24-9-6-17-11-16(5-8-19)14(22)18(15(17)23)7-10-25-13(21)4-2/h3-4,19H,1-2,5-11H2. The quantitative estimate of drug-likeness (QED) is 0.417. The van der Waals surface area contributed by atoms with Gasteiger partial charge in [0.15, 0.2) is 0 Å². The molecular weight excluding hydrogens is 334 g/mol. The third kappa shape index (κ3) is 5.92. The predicted octanol–water partition coefficient (Wildman–Crippen LogP) is -0.446. The fourth-order valence-corrected chi connectivity index (χ4v) is 2.01. The Morgan fingerprint density at radius 2 is 1.44 bits per heavy atom. The number of carbonyl (C=O) groups is 4. The molecule has 25 heavy (non-hydrogen) atoms. The van der Waals surface area contributed by atoms with E-state index in [2.05, 4.69) is 13.2 Å². The second-order valence-corrected chi connectivity index (χ2v) is 4.85. The van der Waals surface area contributed by atoms with E-state index >= 15 is 0 Å². The van der Waals surface area contributed by atoms with Crippen molar-refractivity contribution in [3.05, 3.63) is 25.3 Å². The molecule has 0 bridgehead atoms. The van der Waals surface area contributed by atoms with E-state index in [1.165, 1.54) is 9.80 Å². The van der Waals surface area contributed by atoms with Gasteiger partial charge in [0.25, 0.3) is 0 Å². The number of nitrogens with zero attached hydrogens (tertiary/aromatic N) is 3. The fraction of sp³-hybridized carbons (Fsp3) is 0.467. The van der Waals surface area contributed by atoms with Gasteiger partial charge in [0, 0.05) is 18.7 Å². The predicted molar refractivity (Wildman–Crippen MR) is 85.2 cm³/mol. The topological polar surface area (TPSA) is 117 Å². The van der Waals surface area contributed by atoms with Crippen molar-refractivity contribution in [1.82, 2.24) is 14.7 Å². The third-order valence-corrected chi connectivity index (χ3v) is 3.21. The van der Waals surface area contributed by atoms with Gasteiger partial charge in [-0.1, -0.05) is 13.2 Å². The number of hydrogen-bond acceptors (Lipinski definition) is 7. The van der Waals surface area contributed by atoms with Crippen molar-refractivity contribution < 1.29 is 33.8 Å². The molecule has 1 fully saturated rings. The zero-order valence-corrected chi connectivity index (χ0v) is 13.8. The number of urea groups is 2. The molecule has 0 spiro atoms. The summed E-state index contributed by atoms with van der Waals surface area (Å²) < 4.78 is 9.60. The Labute approximate surface area is 144 Å². The number of esters is 2. The molecule has 1 aliphatic heterocycles. The average molecular weight is 355 g/mol. The number of ether oxygens (including phenoxy) is 2. The lowest BCUT2D eigenvalue weighted by atomic mass is 10.4. The number of β-amino-alcohol motifs (C(OH)–C–C–N with tert-alkyl or cyclic N) is 1. The molecule has 0 aromatic carbocycles. The highest BCUT2D eigenvalue weighted by Gasteiger charge is 2.36. The molecule has 0 saturated carbocycles. The fourth-order valence-electron chi connectivity index (χ4n) is 2.01. The highest BCUT2D eigenvalue weighted by molar-refractivity contribution is 5.95. The Balaban J connectivity index is 2.71. The second-order valence-electron chi connectivity index (χ2n) is 4.85. The molecule has 1 heterocycles. The van der Waals surface area contributed by atoms with Gasteiger partial charge < -0.3 is 24.4 Å². The van der Waals surface area contributed by atoms with Gasteiger partial charge in [-0.25, -0.2) is 24.1 Å². The first kappa shape index (κ1) is 20.2. The Morgan fingerprint density at radius 3 is 1.92 bits per heavy atom. The number of aliphatic hydroxyl groups is 1. The normalized spacial score (nSPS) is 14.4. The van der Waals surface area contributed by atoms with Crippen molar-refractivity contribution in [3.8, 4) is 0 Å². The maximum Gasteiger partial charge on any atom is 0.330 e. The number of amides is 4. The Morgan fingerprint density at radius 1 is 0.960 bits per heavy atom. The van der Waals surface area contributed by atoms with Crippen LogP contribution in [0.4, 0.5) is 9.59 Å². The Bertz CT molecular complexity index is 549. The Kier molecular flexibility index (Phi) is 8.13. The first-order valence-electron chi connectivity index (χ1n) is 7.49. The molecule has 0 aromatic heterocycles. The van der Waals surface area contributed by atoms with Gasteiger partial charge in [-0.05, 0) is 0 Å². The van der Waals surface area contributed by atoms with Crippen molar-refractivity contribution in [3.63, 3.8) is 0 Å². The minimum atomic E-state index is -0.669. The monoisotopic (exact) mass is 355 g/mol. The van der Waals surface area contributed by atoms with Gasteiger partial charge in [0.05, 0.1) is 26.4 Å². The molecule has 138 valence electrons. The summed E-state index contributed by atoms with van der Waals surface area (Å²) >= 11 is 0. The van der Waals surface area contributed by atoms with Crippen LogP contribution in [-0.4, -0.2) is 89.9 Å². The van der Waals surface area contributed by atoms with E-state index in [0.717, 1.165) is 17.1 Å². The first-order valence-corrected chi connectivity index (χ1v) is 7.49. The van der Waals surface area contributed by atoms with Gasteiger partial charge in [0.2, 0.25) is 0 Å². The molecule has 1 rings (SSSR count). The maximum atomic E-state index is 12.4. The van der Waals surface area contributed by atoms with Crippen LogP contribution >= 0.6 is 0 Å². The van der Waals surface area contributed by atoms with Crippen molar-refractivity contribution in [2.45, 2.75) is 0 Å². The van der Waals surface area contributed by atoms with Gasteiger partial charge in [-0.15, -0.1) is 0 Å². The summed E-state index contributed by atoms with van der Waals surface area (Å²) in [6.45, 7) is 5.85. The summed E-state index contributed by atoms with van der Waals surface area (Å²) in [7, 11) is 0. The summed E-state index contributed by atoms with van der Waals surface area (Å²) in [4.78, 5) is 50.2. The summed E-state index contributed by atoms with van der Waals surface area (Å²) in [6.07, 6.45) is 1.97. The number of hydrogen-bond donors (Lipinski definition) is 1. The summed E-state index contributed by atoms with van der Waals surface area (Å²) in [6, 6.07) is -1.21. The number of aliphatic hydroxyl groups excluding tert-OH is 1. The number of rotatable bonds is 10. The minimum absolute atomic E-state index is 0.0258. The van der Waals surface area contributed by atoms with Gasteiger partial charge >= 0.3 is 24.0 Å². The van der Waals surface area contributed by atoms with Crippen molar-refractivity contribution in [2.24, 2.45) is 0 Å². The van der Waals surface area contributed by atoms with Crippen molar-refractivity contribution in [1.29, 1.82) is 0 Å². The lowest BCUT2D eigenvalue weighted by molar-refractivity contribution is -0.138. The van der Waals surface area contributed by atoms with Crippen LogP contribution in [-0.2, 0) is 19.1 Å². The zero-order valence-electron chi connectivity index (χ0n) is 13.8. The highest BCUT2D eigenvalue weighted by atomic mass is 16.5. The molecule has 10 nitrogen and oxygen atoms in total. The molecule has 10 heteroatoms. The van der Waals surface area contributed by atoms with Crippen molar-refractivity contribution in [2.75, 3.05) is 46.1 Å². The van der Waals surface area contributed by atoms with Crippen LogP contribution in [0.2, 0.25) is 0 Å². The second kappa shape index (κ2) is 10.1. The molecule has 1 N–H and O–H groups in total. The van der Waals surface area contributed by atoms with Gasteiger partial charge in [0.1, 0.15) is 13.2 Å². The smallest absolute Gasteiger partial charge is 0.330 e. The SMILES string of the molecule is C=CC(=O)OCCN1CN(CCO)C(=O)N(CCOC(=O)C=C)C1=O. The van der Waals surface area contributed by atoms with Gasteiger partial charge in [-0.2, -0.15) is 0 Å². The molecule has 0 aliphatic carbocycles. The summed E-state index contributed by atoms with van der Waals surface area (Å²) in [5.41, 5.74) is 0. The van der Waals surface area contributed by atoms with E-state index in [4.69, 9.17) is 14.6 Å². The largest absolute Gasteiger partial charge is 0.461 e. The molecule has 1 saturated heterocycles. The van der Waals surface area contributed by atoms with Crippen LogP contribution in [0.5, 0.6) is 0 Å². The average Bonchev–Trinajstić information content (AvgIpc) is 2.61. The van der Waals surface area contributed by atoms with E-state index in [1.807, 2.05) is 0 Å². The van der Waals surface area contributed by atoms with E-state index < -0.39 is 24.0 Å². The van der Waals surface area contributed by atoms with Gasteiger partial charge in [-0.3, -0.25) is 0 Å². The molecule has 4 amide bonds. The molecule has 0 radical (unpaired) electrons.